The van der Waals surface area contributed by atoms with Gasteiger partial charge in [-0.05, 0) is 60.8 Å². The van der Waals surface area contributed by atoms with Crippen LogP contribution in [0.15, 0.2) is 27.1 Å². The highest BCUT2D eigenvalue weighted by atomic mass is 79.9. The first kappa shape index (κ1) is 12.2. The van der Waals surface area contributed by atoms with Crippen molar-refractivity contribution in [1.82, 2.24) is 0 Å². The standard InChI is InChI=1S/C14H17Br2N/c15-10-3-4-13(16)12(7-10)14(17)11-6-8-1-2-9(11)5-8/h3-4,7-9,11,14H,1-2,5-6,17H2. The van der Waals surface area contributed by atoms with Gasteiger partial charge in [0.2, 0.25) is 0 Å². The Kier molecular flexibility index (Phi) is 3.35. The molecular formula is C14H17Br2N. The molecule has 3 rings (SSSR count). The third-order valence-electron chi connectivity index (χ3n) is 4.57. The van der Waals surface area contributed by atoms with Gasteiger partial charge in [-0.3, -0.25) is 0 Å². The average Bonchev–Trinajstić information content (AvgIpc) is 2.93. The molecule has 2 bridgehead atoms. The predicted octanol–water partition coefficient (Wildman–Crippen LogP) is 4.65. The topological polar surface area (TPSA) is 26.0 Å². The van der Waals surface area contributed by atoms with Gasteiger partial charge >= 0.3 is 0 Å². The van der Waals surface area contributed by atoms with Crippen LogP contribution in [-0.4, -0.2) is 0 Å². The van der Waals surface area contributed by atoms with Crippen LogP contribution in [0.5, 0.6) is 0 Å². The van der Waals surface area contributed by atoms with Crippen LogP contribution in [0.4, 0.5) is 0 Å². The molecule has 0 saturated heterocycles. The molecule has 0 radical (unpaired) electrons. The lowest BCUT2D eigenvalue weighted by molar-refractivity contribution is 0.284. The molecule has 0 aromatic heterocycles. The third kappa shape index (κ3) is 2.22. The highest BCUT2D eigenvalue weighted by Crippen LogP contribution is 2.52. The number of benzene rings is 1. The molecule has 4 atom stereocenters. The molecular weight excluding hydrogens is 342 g/mol. The summed E-state index contributed by atoms with van der Waals surface area (Å²) in [7, 11) is 0. The van der Waals surface area contributed by atoms with E-state index in [2.05, 4.69) is 50.1 Å². The van der Waals surface area contributed by atoms with Gasteiger partial charge in [0.25, 0.3) is 0 Å². The molecule has 2 N–H and O–H groups in total. The lowest BCUT2D eigenvalue weighted by atomic mass is 9.81. The molecule has 2 aliphatic rings. The Morgan fingerprint density at radius 2 is 2.00 bits per heavy atom. The smallest absolute Gasteiger partial charge is 0.0337 e. The zero-order chi connectivity index (χ0) is 12.0. The Labute approximate surface area is 119 Å². The molecule has 2 saturated carbocycles. The molecule has 1 nitrogen and oxygen atoms in total. The van der Waals surface area contributed by atoms with E-state index in [1.807, 2.05) is 0 Å². The first-order valence-corrected chi connectivity index (χ1v) is 7.94. The summed E-state index contributed by atoms with van der Waals surface area (Å²) in [4.78, 5) is 0. The van der Waals surface area contributed by atoms with Gasteiger partial charge in [0.1, 0.15) is 0 Å². The Balaban J connectivity index is 1.86. The summed E-state index contributed by atoms with van der Waals surface area (Å²) in [5, 5.41) is 0. The van der Waals surface area contributed by atoms with Crippen LogP contribution in [-0.2, 0) is 0 Å². The van der Waals surface area contributed by atoms with Gasteiger partial charge in [-0.2, -0.15) is 0 Å². The molecule has 0 heterocycles. The van der Waals surface area contributed by atoms with E-state index < -0.39 is 0 Å². The lowest BCUT2D eigenvalue weighted by Crippen LogP contribution is -2.26. The zero-order valence-corrected chi connectivity index (χ0v) is 12.9. The van der Waals surface area contributed by atoms with Crippen LogP contribution in [0.25, 0.3) is 0 Å². The van der Waals surface area contributed by atoms with Gasteiger partial charge < -0.3 is 5.73 Å². The quantitative estimate of drug-likeness (QED) is 0.818. The molecule has 4 unspecified atom stereocenters. The third-order valence-corrected chi connectivity index (χ3v) is 5.79. The summed E-state index contributed by atoms with van der Waals surface area (Å²) in [5.74, 6) is 2.53. The fraction of sp³-hybridized carbons (Fsp3) is 0.571. The second-order valence-corrected chi connectivity index (χ2v) is 7.30. The molecule has 0 aliphatic heterocycles. The van der Waals surface area contributed by atoms with E-state index in [0.29, 0.717) is 5.92 Å². The number of fused-ring (bicyclic) bond motifs is 2. The van der Waals surface area contributed by atoms with Crippen LogP contribution in [0.1, 0.15) is 37.3 Å². The average molecular weight is 359 g/mol. The number of hydrogen-bond acceptors (Lipinski definition) is 1. The number of hydrogen-bond donors (Lipinski definition) is 1. The maximum Gasteiger partial charge on any atom is 0.0337 e. The highest BCUT2D eigenvalue weighted by molar-refractivity contribution is 9.11. The SMILES string of the molecule is NC(c1cc(Br)ccc1Br)C1CC2CCC1C2. The fourth-order valence-corrected chi connectivity index (χ4v) is 4.62. The van der Waals surface area contributed by atoms with Crippen molar-refractivity contribution in [3.05, 3.63) is 32.7 Å². The second-order valence-electron chi connectivity index (χ2n) is 5.53. The predicted molar refractivity (Wildman–Crippen MR) is 77.7 cm³/mol. The van der Waals surface area contributed by atoms with Crippen LogP contribution in [0, 0.1) is 17.8 Å². The molecule has 92 valence electrons. The number of halogens is 2. The van der Waals surface area contributed by atoms with Gasteiger partial charge in [-0.15, -0.1) is 0 Å². The van der Waals surface area contributed by atoms with Crippen molar-refractivity contribution in [2.75, 3.05) is 0 Å². The van der Waals surface area contributed by atoms with Crippen molar-refractivity contribution in [3.8, 4) is 0 Å². The molecule has 3 heteroatoms. The van der Waals surface area contributed by atoms with E-state index in [-0.39, 0.29) is 6.04 Å². The second kappa shape index (κ2) is 4.67. The maximum atomic E-state index is 6.51. The summed E-state index contributed by atoms with van der Waals surface area (Å²) in [5.41, 5.74) is 7.77. The minimum atomic E-state index is 0.192. The Morgan fingerprint density at radius 3 is 2.65 bits per heavy atom. The molecule has 1 aromatic rings. The molecule has 2 fully saturated rings. The molecule has 0 amide bonds. The number of nitrogens with two attached hydrogens (primary N) is 1. The number of rotatable bonds is 2. The zero-order valence-electron chi connectivity index (χ0n) is 9.70. The van der Waals surface area contributed by atoms with Crippen molar-refractivity contribution in [3.63, 3.8) is 0 Å². The van der Waals surface area contributed by atoms with E-state index >= 15 is 0 Å². The first-order chi connectivity index (χ1) is 8.15. The van der Waals surface area contributed by atoms with Crippen molar-refractivity contribution < 1.29 is 0 Å². The minimum absolute atomic E-state index is 0.192. The van der Waals surface area contributed by atoms with Gasteiger partial charge in [0, 0.05) is 15.0 Å². The van der Waals surface area contributed by atoms with Crippen LogP contribution in [0.2, 0.25) is 0 Å². The van der Waals surface area contributed by atoms with Crippen LogP contribution in [0.3, 0.4) is 0 Å². The van der Waals surface area contributed by atoms with Gasteiger partial charge in [-0.25, -0.2) is 0 Å². The molecule has 2 aliphatic carbocycles. The van der Waals surface area contributed by atoms with E-state index in [0.717, 1.165) is 20.8 Å². The molecule has 1 aromatic carbocycles. The van der Waals surface area contributed by atoms with Gasteiger partial charge in [0.15, 0.2) is 0 Å². The van der Waals surface area contributed by atoms with Gasteiger partial charge in [-0.1, -0.05) is 38.3 Å². The maximum absolute atomic E-state index is 6.51. The largest absolute Gasteiger partial charge is 0.324 e. The molecule has 17 heavy (non-hydrogen) atoms. The van der Waals surface area contributed by atoms with E-state index in [4.69, 9.17) is 5.73 Å². The minimum Gasteiger partial charge on any atom is -0.324 e. The molecule has 0 spiro atoms. The van der Waals surface area contributed by atoms with E-state index in [1.165, 1.54) is 31.2 Å². The Hall–Kier alpha value is 0.140. The van der Waals surface area contributed by atoms with Gasteiger partial charge in [0.05, 0.1) is 0 Å². The van der Waals surface area contributed by atoms with Crippen molar-refractivity contribution in [2.45, 2.75) is 31.7 Å². The van der Waals surface area contributed by atoms with Crippen molar-refractivity contribution >= 4 is 31.9 Å². The van der Waals surface area contributed by atoms with Crippen LogP contribution < -0.4 is 5.73 Å². The van der Waals surface area contributed by atoms with Crippen molar-refractivity contribution in [2.24, 2.45) is 23.5 Å². The van der Waals surface area contributed by atoms with E-state index in [9.17, 15) is 0 Å². The first-order valence-electron chi connectivity index (χ1n) is 6.35. The monoisotopic (exact) mass is 357 g/mol. The normalized spacial score (nSPS) is 33.0. The summed E-state index contributed by atoms with van der Waals surface area (Å²) in [6, 6.07) is 6.51. The van der Waals surface area contributed by atoms with Crippen LogP contribution >= 0.6 is 31.9 Å². The fourth-order valence-electron chi connectivity index (χ4n) is 3.73. The summed E-state index contributed by atoms with van der Waals surface area (Å²) >= 11 is 7.17. The summed E-state index contributed by atoms with van der Waals surface area (Å²) < 4.78 is 2.27. The summed E-state index contributed by atoms with van der Waals surface area (Å²) in [6.45, 7) is 0. The van der Waals surface area contributed by atoms with E-state index in [1.54, 1.807) is 0 Å². The lowest BCUT2D eigenvalue weighted by Gasteiger charge is -2.28. The highest BCUT2D eigenvalue weighted by Gasteiger charge is 2.42. The Bertz CT molecular complexity index is 432. The van der Waals surface area contributed by atoms with Crippen molar-refractivity contribution in [1.29, 1.82) is 0 Å². The summed E-state index contributed by atoms with van der Waals surface area (Å²) in [6.07, 6.45) is 5.59. The Morgan fingerprint density at radius 1 is 1.18 bits per heavy atom.